The van der Waals surface area contributed by atoms with Crippen LogP contribution in [0, 0.1) is 5.92 Å². The van der Waals surface area contributed by atoms with Crippen molar-refractivity contribution in [1.82, 2.24) is 0 Å². The lowest BCUT2D eigenvalue weighted by molar-refractivity contribution is -0.122. The van der Waals surface area contributed by atoms with Crippen LogP contribution in [0.4, 0.5) is 5.69 Å². The van der Waals surface area contributed by atoms with E-state index in [1.54, 1.807) is 30.3 Å². The Bertz CT molecular complexity index is 1340. The van der Waals surface area contributed by atoms with Gasteiger partial charge in [-0.1, -0.05) is 60.3 Å². The van der Waals surface area contributed by atoms with Crippen molar-refractivity contribution in [1.29, 1.82) is 0 Å². The van der Waals surface area contributed by atoms with Crippen molar-refractivity contribution in [3.63, 3.8) is 0 Å². The molecule has 2 aliphatic rings. The van der Waals surface area contributed by atoms with Crippen LogP contribution in [0.3, 0.4) is 0 Å². The van der Waals surface area contributed by atoms with Crippen LogP contribution >= 0.6 is 11.8 Å². The van der Waals surface area contributed by atoms with Crippen molar-refractivity contribution >= 4 is 45.9 Å². The number of amides is 3. The Hall–Kier alpha value is -3.78. The zero-order chi connectivity index (χ0) is 22.6. The predicted molar refractivity (Wildman–Crippen MR) is 123 cm³/mol. The molecule has 32 heavy (non-hydrogen) atoms. The first kappa shape index (κ1) is 20.1. The second-order valence-electron chi connectivity index (χ2n) is 7.79. The van der Waals surface area contributed by atoms with E-state index in [4.69, 9.17) is 11.5 Å². The van der Waals surface area contributed by atoms with Gasteiger partial charge < -0.3 is 16.6 Å². The number of hydrogen-bond acceptors (Lipinski definition) is 6. The summed E-state index contributed by atoms with van der Waals surface area (Å²) in [5.41, 5.74) is 12.6. The van der Waals surface area contributed by atoms with Gasteiger partial charge in [0.1, 0.15) is 11.0 Å². The highest BCUT2D eigenvalue weighted by atomic mass is 32.2. The molecule has 0 saturated carbocycles. The fourth-order valence-corrected chi connectivity index (χ4v) is 5.84. The molecule has 2 aliphatic heterocycles. The number of thioether (sulfide) groups is 1. The molecule has 0 spiro atoms. The summed E-state index contributed by atoms with van der Waals surface area (Å²) in [5.74, 6) is -3.61. The standard InChI is InChI=1S/C24H19N3O4S/c25-21(29)19-17(15-7-3-4-8-16(15)28)18-20(32-22(19)26)24(31)27(23(18)30)14-10-9-12-5-1-2-6-13(12)11-14/h1-11,17-18,20,28H,26H2,(H2,25,29)/t17-,18-,20+/m1/s1. The SMILES string of the molecule is NC(=O)C1=C(N)S[C@@H]2C(=O)N(c3ccc4ccccc4c3)C(=O)[C@@H]2[C@H]1c1ccccc1O. The lowest BCUT2D eigenvalue weighted by atomic mass is 9.78. The number of fused-ring (bicyclic) bond motifs is 2. The summed E-state index contributed by atoms with van der Waals surface area (Å²) in [6, 6.07) is 19.4. The number of primary amides is 1. The Morgan fingerprint density at radius 3 is 2.34 bits per heavy atom. The maximum Gasteiger partial charge on any atom is 0.248 e. The summed E-state index contributed by atoms with van der Waals surface area (Å²) in [7, 11) is 0. The van der Waals surface area contributed by atoms with Gasteiger partial charge in [0.05, 0.1) is 22.2 Å². The monoisotopic (exact) mass is 445 g/mol. The summed E-state index contributed by atoms with van der Waals surface area (Å²) in [4.78, 5) is 40.5. The normalized spacial score (nSPS) is 23.0. The highest BCUT2D eigenvalue weighted by molar-refractivity contribution is 8.04. The van der Waals surface area contributed by atoms with Crippen molar-refractivity contribution in [2.24, 2.45) is 17.4 Å². The van der Waals surface area contributed by atoms with Gasteiger partial charge >= 0.3 is 0 Å². The zero-order valence-corrected chi connectivity index (χ0v) is 17.6. The van der Waals surface area contributed by atoms with Gasteiger partial charge in [-0.05, 0) is 29.0 Å². The maximum absolute atomic E-state index is 13.7. The topological polar surface area (TPSA) is 127 Å². The number of nitrogens with two attached hydrogens (primary N) is 2. The molecule has 0 radical (unpaired) electrons. The second-order valence-corrected chi connectivity index (χ2v) is 8.97. The Balaban J connectivity index is 1.65. The molecule has 0 unspecified atom stereocenters. The van der Waals surface area contributed by atoms with Crippen LogP contribution in [0.1, 0.15) is 11.5 Å². The first-order chi connectivity index (χ1) is 15.4. The van der Waals surface area contributed by atoms with Gasteiger partial charge in [0, 0.05) is 11.5 Å². The number of rotatable bonds is 3. The highest BCUT2D eigenvalue weighted by Gasteiger charge is 2.57. The number of anilines is 1. The Morgan fingerprint density at radius 1 is 0.938 bits per heavy atom. The van der Waals surface area contributed by atoms with Crippen LogP contribution < -0.4 is 16.4 Å². The van der Waals surface area contributed by atoms with Crippen LogP contribution in [-0.4, -0.2) is 28.1 Å². The lowest BCUT2D eigenvalue weighted by Crippen LogP contribution is -2.38. The number of nitrogens with zero attached hydrogens (tertiary/aromatic N) is 1. The number of aromatic hydroxyl groups is 1. The minimum absolute atomic E-state index is 0.0410. The molecular weight excluding hydrogens is 426 g/mol. The van der Waals surface area contributed by atoms with Crippen LogP contribution in [0.15, 0.2) is 77.3 Å². The number of carbonyl (C=O) groups excluding carboxylic acids is 3. The Labute approximate surface area is 187 Å². The minimum Gasteiger partial charge on any atom is -0.508 e. The molecule has 3 atom stereocenters. The van der Waals surface area contributed by atoms with E-state index in [1.165, 1.54) is 6.07 Å². The first-order valence-electron chi connectivity index (χ1n) is 9.99. The maximum atomic E-state index is 13.7. The molecule has 0 bridgehead atoms. The smallest absolute Gasteiger partial charge is 0.248 e. The van der Waals surface area contributed by atoms with E-state index >= 15 is 0 Å². The molecule has 1 saturated heterocycles. The van der Waals surface area contributed by atoms with E-state index in [2.05, 4.69) is 0 Å². The summed E-state index contributed by atoms with van der Waals surface area (Å²) in [5, 5.41) is 11.6. The predicted octanol–water partition coefficient (Wildman–Crippen LogP) is 2.59. The molecule has 5 N–H and O–H groups in total. The van der Waals surface area contributed by atoms with Gasteiger partial charge in [-0.15, -0.1) is 0 Å². The third-order valence-electron chi connectivity index (χ3n) is 6.01. The van der Waals surface area contributed by atoms with Gasteiger partial charge in [-0.25, -0.2) is 4.90 Å². The number of phenolic OH excluding ortho intramolecular Hbond substituents is 1. The van der Waals surface area contributed by atoms with Crippen molar-refractivity contribution < 1.29 is 19.5 Å². The van der Waals surface area contributed by atoms with Crippen molar-refractivity contribution in [2.45, 2.75) is 11.2 Å². The molecule has 0 aliphatic carbocycles. The van der Waals surface area contributed by atoms with E-state index in [9.17, 15) is 19.5 Å². The molecule has 7 nitrogen and oxygen atoms in total. The molecular formula is C24H19N3O4S. The van der Waals surface area contributed by atoms with E-state index in [1.807, 2.05) is 30.3 Å². The van der Waals surface area contributed by atoms with E-state index in [0.717, 1.165) is 27.4 Å². The van der Waals surface area contributed by atoms with Crippen LogP contribution in [0.5, 0.6) is 5.75 Å². The van der Waals surface area contributed by atoms with Gasteiger partial charge in [-0.3, -0.25) is 14.4 Å². The van der Waals surface area contributed by atoms with Crippen LogP contribution in [0.2, 0.25) is 0 Å². The van der Waals surface area contributed by atoms with Gasteiger partial charge in [0.25, 0.3) is 0 Å². The molecule has 3 aromatic carbocycles. The fourth-order valence-electron chi connectivity index (χ4n) is 4.59. The number of carbonyl (C=O) groups is 3. The van der Waals surface area contributed by atoms with Crippen molar-refractivity contribution in [2.75, 3.05) is 4.90 Å². The lowest BCUT2D eigenvalue weighted by Gasteiger charge is -2.32. The highest BCUT2D eigenvalue weighted by Crippen LogP contribution is 2.52. The number of para-hydroxylation sites is 1. The fraction of sp³-hybridized carbons (Fsp3) is 0.125. The second kappa shape index (κ2) is 7.42. The van der Waals surface area contributed by atoms with Crippen molar-refractivity contribution in [3.8, 4) is 5.75 Å². The number of imide groups is 1. The van der Waals surface area contributed by atoms with E-state index in [0.29, 0.717) is 11.3 Å². The summed E-state index contributed by atoms with van der Waals surface area (Å²) in [6.07, 6.45) is 0. The average molecular weight is 446 g/mol. The molecule has 0 aromatic heterocycles. The van der Waals surface area contributed by atoms with E-state index < -0.39 is 34.8 Å². The molecule has 1 fully saturated rings. The third kappa shape index (κ3) is 2.95. The molecule has 5 rings (SSSR count). The number of benzene rings is 3. The largest absolute Gasteiger partial charge is 0.508 e. The average Bonchev–Trinajstić information content (AvgIpc) is 3.02. The summed E-state index contributed by atoms with van der Waals surface area (Å²) >= 11 is 0.974. The third-order valence-corrected chi connectivity index (χ3v) is 7.24. The molecule has 3 amide bonds. The summed E-state index contributed by atoms with van der Waals surface area (Å²) in [6.45, 7) is 0. The van der Waals surface area contributed by atoms with Crippen LogP contribution in [-0.2, 0) is 14.4 Å². The summed E-state index contributed by atoms with van der Waals surface area (Å²) < 4.78 is 0. The van der Waals surface area contributed by atoms with Crippen molar-refractivity contribution in [3.05, 3.63) is 82.9 Å². The van der Waals surface area contributed by atoms with Gasteiger partial charge in [-0.2, -0.15) is 0 Å². The molecule has 8 heteroatoms. The Morgan fingerprint density at radius 2 is 1.62 bits per heavy atom. The van der Waals surface area contributed by atoms with E-state index in [-0.39, 0.29) is 16.4 Å². The minimum atomic E-state index is -0.929. The molecule has 3 aromatic rings. The van der Waals surface area contributed by atoms with Crippen LogP contribution in [0.25, 0.3) is 10.8 Å². The molecule has 160 valence electrons. The first-order valence-corrected chi connectivity index (χ1v) is 10.9. The molecule has 2 heterocycles. The number of hydrogen-bond donors (Lipinski definition) is 3. The number of phenols is 1. The van der Waals surface area contributed by atoms with Gasteiger partial charge in [0.15, 0.2) is 0 Å². The zero-order valence-electron chi connectivity index (χ0n) is 16.8. The van der Waals surface area contributed by atoms with Gasteiger partial charge in [0.2, 0.25) is 17.7 Å². The Kier molecular flexibility index (Phi) is 4.67. The quantitative estimate of drug-likeness (QED) is 0.532.